The minimum Gasteiger partial charge on any atom is -0.358 e. The van der Waals surface area contributed by atoms with Crippen LogP contribution in [0.15, 0.2) is 12.4 Å². The fourth-order valence-electron chi connectivity index (χ4n) is 1.80. The lowest BCUT2D eigenvalue weighted by atomic mass is 9.85. The average Bonchev–Trinajstić information content (AvgIpc) is 2.23. The van der Waals surface area contributed by atoms with Gasteiger partial charge in [0.2, 0.25) is 0 Å². The molecule has 1 aromatic rings. The standard InChI is InChI=1S/C11H16ClN3/c1-15(8-9-3-2-4-9)11-7-13-6-10(5-12)14-11/h6-7,9H,2-5,8H2,1H3. The van der Waals surface area contributed by atoms with E-state index in [1.54, 1.807) is 12.4 Å². The van der Waals surface area contributed by atoms with Gasteiger partial charge in [-0.15, -0.1) is 11.6 Å². The maximum Gasteiger partial charge on any atom is 0.147 e. The van der Waals surface area contributed by atoms with Crippen LogP contribution in [-0.2, 0) is 5.88 Å². The Morgan fingerprint density at radius 1 is 1.47 bits per heavy atom. The zero-order chi connectivity index (χ0) is 10.7. The molecule has 2 rings (SSSR count). The third-order valence-electron chi connectivity index (χ3n) is 2.96. The van der Waals surface area contributed by atoms with Gasteiger partial charge in [0.25, 0.3) is 0 Å². The second kappa shape index (κ2) is 4.79. The summed E-state index contributed by atoms with van der Waals surface area (Å²) in [4.78, 5) is 10.7. The van der Waals surface area contributed by atoms with Gasteiger partial charge in [-0.2, -0.15) is 0 Å². The molecule has 0 atom stereocenters. The quantitative estimate of drug-likeness (QED) is 0.738. The summed E-state index contributed by atoms with van der Waals surface area (Å²) in [7, 11) is 2.07. The van der Waals surface area contributed by atoms with Crippen LogP contribution in [0.25, 0.3) is 0 Å². The Bertz CT molecular complexity index is 325. The van der Waals surface area contributed by atoms with E-state index in [4.69, 9.17) is 11.6 Å². The van der Waals surface area contributed by atoms with Crippen LogP contribution in [0.2, 0.25) is 0 Å². The molecule has 0 aromatic carbocycles. The molecule has 0 amide bonds. The smallest absolute Gasteiger partial charge is 0.147 e. The molecule has 15 heavy (non-hydrogen) atoms. The molecule has 1 aliphatic carbocycles. The van der Waals surface area contributed by atoms with Crippen molar-refractivity contribution in [1.82, 2.24) is 9.97 Å². The summed E-state index contributed by atoms with van der Waals surface area (Å²) in [6.45, 7) is 1.08. The molecule has 3 nitrogen and oxygen atoms in total. The summed E-state index contributed by atoms with van der Waals surface area (Å²) in [5.74, 6) is 2.20. The van der Waals surface area contributed by atoms with Crippen LogP contribution in [0, 0.1) is 5.92 Å². The van der Waals surface area contributed by atoms with Crippen molar-refractivity contribution in [3.8, 4) is 0 Å². The van der Waals surface area contributed by atoms with Gasteiger partial charge in [-0.25, -0.2) is 4.98 Å². The van der Waals surface area contributed by atoms with Crippen molar-refractivity contribution < 1.29 is 0 Å². The van der Waals surface area contributed by atoms with E-state index in [9.17, 15) is 0 Å². The van der Waals surface area contributed by atoms with Crippen molar-refractivity contribution in [3.05, 3.63) is 18.1 Å². The molecule has 0 unspecified atom stereocenters. The topological polar surface area (TPSA) is 29.0 Å². The second-order valence-electron chi connectivity index (χ2n) is 4.18. The lowest BCUT2D eigenvalue weighted by molar-refractivity contribution is 0.321. The molecule has 4 heteroatoms. The van der Waals surface area contributed by atoms with Crippen molar-refractivity contribution in [2.24, 2.45) is 5.92 Å². The van der Waals surface area contributed by atoms with Gasteiger partial charge in [0, 0.05) is 19.8 Å². The van der Waals surface area contributed by atoms with Crippen molar-refractivity contribution in [3.63, 3.8) is 0 Å². The van der Waals surface area contributed by atoms with Crippen molar-refractivity contribution >= 4 is 17.4 Å². The van der Waals surface area contributed by atoms with Gasteiger partial charge in [0.15, 0.2) is 0 Å². The van der Waals surface area contributed by atoms with Crippen molar-refractivity contribution in [1.29, 1.82) is 0 Å². The molecule has 0 saturated heterocycles. The monoisotopic (exact) mass is 225 g/mol. The largest absolute Gasteiger partial charge is 0.358 e. The Balaban J connectivity index is 1.99. The molecule has 0 aliphatic heterocycles. The van der Waals surface area contributed by atoms with E-state index < -0.39 is 0 Å². The average molecular weight is 226 g/mol. The van der Waals surface area contributed by atoms with Crippen molar-refractivity contribution in [2.45, 2.75) is 25.1 Å². The maximum absolute atomic E-state index is 5.73. The van der Waals surface area contributed by atoms with Crippen LogP contribution in [0.1, 0.15) is 25.0 Å². The molecule has 0 bridgehead atoms. The van der Waals surface area contributed by atoms with Crippen LogP contribution >= 0.6 is 11.6 Å². The zero-order valence-corrected chi connectivity index (χ0v) is 9.74. The lowest BCUT2D eigenvalue weighted by Gasteiger charge is -2.30. The highest BCUT2D eigenvalue weighted by molar-refractivity contribution is 6.16. The van der Waals surface area contributed by atoms with E-state index in [0.717, 1.165) is 24.0 Å². The number of halogens is 1. The molecular formula is C11H16ClN3. The molecule has 1 heterocycles. The van der Waals surface area contributed by atoms with E-state index in [1.807, 2.05) is 0 Å². The number of aromatic nitrogens is 2. The van der Waals surface area contributed by atoms with Gasteiger partial charge in [0.05, 0.1) is 17.8 Å². The van der Waals surface area contributed by atoms with E-state index in [1.165, 1.54) is 19.3 Å². The molecule has 0 N–H and O–H groups in total. The van der Waals surface area contributed by atoms with Gasteiger partial charge in [0.1, 0.15) is 5.82 Å². The molecule has 1 aromatic heterocycles. The lowest BCUT2D eigenvalue weighted by Crippen LogP contribution is -2.30. The Hall–Kier alpha value is -0.830. The third kappa shape index (κ3) is 2.59. The summed E-state index contributed by atoms with van der Waals surface area (Å²) < 4.78 is 0. The highest BCUT2D eigenvalue weighted by atomic mass is 35.5. The van der Waals surface area contributed by atoms with Gasteiger partial charge in [-0.05, 0) is 18.8 Å². The van der Waals surface area contributed by atoms with Crippen LogP contribution in [0.3, 0.4) is 0 Å². The highest BCUT2D eigenvalue weighted by Crippen LogP contribution is 2.27. The molecular weight excluding hydrogens is 210 g/mol. The van der Waals surface area contributed by atoms with Crippen molar-refractivity contribution in [2.75, 3.05) is 18.5 Å². The Kier molecular flexibility index (Phi) is 3.41. The van der Waals surface area contributed by atoms with Crippen LogP contribution in [0.5, 0.6) is 0 Å². The fraction of sp³-hybridized carbons (Fsp3) is 0.636. The summed E-state index contributed by atoms with van der Waals surface area (Å²) >= 11 is 5.73. The summed E-state index contributed by atoms with van der Waals surface area (Å²) in [5, 5.41) is 0. The van der Waals surface area contributed by atoms with Crippen LogP contribution in [0.4, 0.5) is 5.82 Å². The Labute approximate surface area is 95.5 Å². The summed E-state index contributed by atoms with van der Waals surface area (Å²) in [5.41, 5.74) is 0.842. The number of hydrogen-bond donors (Lipinski definition) is 0. The Morgan fingerprint density at radius 2 is 2.27 bits per heavy atom. The highest BCUT2D eigenvalue weighted by Gasteiger charge is 2.19. The minimum absolute atomic E-state index is 0.429. The molecule has 1 aliphatic rings. The number of rotatable bonds is 4. The first-order valence-electron chi connectivity index (χ1n) is 5.37. The van der Waals surface area contributed by atoms with Gasteiger partial charge >= 0.3 is 0 Å². The number of anilines is 1. The zero-order valence-electron chi connectivity index (χ0n) is 8.99. The predicted molar refractivity (Wildman–Crippen MR) is 62.2 cm³/mol. The first kappa shape index (κ1) is 10.7. The van der Waals surface area contributed by atoms with Gasteiger partial charge in [-0.3, -0.25) is 4.98 Å². The molecule has 82 valence electrons. The predicted octanol–water partition coefficient (Wildman–Crippen LogP) is 2.45. The first-order valence-corrected chi connectivity index (χ1v) is 5.91. The maximum atomic E-state index is 5.73. The van der Waals surface area contributed by atoms with Crippen LogP contribution < -0.4 is 4.90 Å². The third-order valence-corrected chi connectivity index (χ3v) is 3.23. The Morgan fingerprint density at radius 3 is 2.87 bits per heavy atom. The van der Waals surface area contributed by atoms with E-state index >= 15 is 0 Å². The normalized spacial score (nSPS) is 16.1. The van der Waals surface area contributed by atoms with E-state index in [0.29, 0.717) is 5.88 Å². The summed E-state index contributed by atoms with van der Waals surface area (Å²) in [6, 6.07) is 0. The van der Waals surface area contributed by atoms with Gasteiger partial charge in [-0.1, -0.05) is 6.42 Å². The number of alkyl halides is 1. The minimum atomic E-state index is 0.429. The van der Waals surface area contributed by atoms with E-state index in [-0.39, 0.29) is 0 Å². The molecule has 0 spiro atoms. The number of hydrogen-bond acceptors (Lipinski definition) is 3. The SMILES string of the molecule is CN(CC1CCC1)c1cncc(CCl)n1. The van der Waals surface area contributed by atoms with Crippen LogP contribution in [-0.4, -0.2) is 23.6 Å². The fourth-order valence-corrected chi connectivity index (χ4v) is 1.93. The molecule has 0 radical (unpaired) electrons. The van der Waals surface area contributed by atoms with E-state index in [2.05, 4.69) is 21.9 Å². The summed E-state index contributed by atoms with van der Waals surface area (Å²) in [6.07, 6.45) is 7.61. The first-order chi connectivity index (χ1) is 7.29. The van der Waals surface area contributed by atoms with Gasteiger partial charge < -0.3 is 4.90 Å². The number of nitrogens with zero attached hydrogens (tertiary/aromatic N) is 3. The molecule has 1 fully saturated rings. The molecule has 1 saturated carbocycles. The second-order valence-corrected chi connectivity index (χ2v) is 4.45.